The summed E-state index contributed by atoms with van der Waals surface area (Å²) in [4.78, 5) is 0. The van der Waals surface area contributed by atoms with Crippen molar-refractivity contribution < 1.29 is 10.0 Å². The summed E-state index contributed by atoms with van der Waals surface area (Å²) in [5.41, 5.74) is 0. The second-order valence-electron chi connectivity index (χ2n) is 2.71. The molecule has 2 nitrogen and oxygen atoms in total. The van der Waals surface area contributed by atoms with Crippen molar-refractivity contribution in [2.24, 2.45) is 11.8 Å². The molecule has 0 heterocycles. The molecule has 0 unspecified atom stereocenters. The van der Waals surface area contributed by atoms with E-state index < -0.39 is 7.12 Å². The van der Waals surface area contributed by atoms with Crippen LogP contribution in [0.3, 0.4) is 0 Å². The van der Waals surface area contributed by atoms with E-state index in [-0.39, 0.29) is 5.82 Å². The molecule has 0 amide bonds. The molecule has 1 saturated carbocycles. The van der Waals surface area contributed by atoms with E-state index in [0.717, 1.165) is 0 Å². The van der Waals surface area contributed by atoms with Gasteiger partial charge in [0, 0.05) is 0 Å². The molecule has 0 aromatic carbocycles. The van der Waals surface area contributed by atoms with Gasteiger partial charge >= 0.3 is 7.12 Å². The van der Waals surface area contributed by atoms with Crippen LogP contribution in [0.25, 0.3) is 0 Å². The fraction of sp³-hybridized carbons (Fsp3) is 1.00. The molecule has 0 aliphatic heterocycles. The van der Waals surface area contributed by atoms with Gasteiger partial charge in [0.15, 0.2) is 0 Å². The molecule has 0 radical (unpaired) electrons. The summed E-state index contributed by atoms with van der Waals surface area (Å²) in [5, 5.41) is 17.2. The van der Waals surface area contributed by atoms with Crippen LogP contribution in [0.4, 0.5) is 0 Å². The fourth-order valence-corrected chi connectivity index (χ4v) is 1.24. The summed E-state index contributed by atoms with van der Waals surface area (Å²) < 4.78 is 0. The molecular weight excluding hydrogens is 103 g/mol. The van der Waals surface area contributed by atoms with E-state index in [1.165, 1.54) is 0 Å². The zero-order chi connectivity index (χ0) is 6.31. The first-order chi connectivity index (χ1) is 3.64. The Balaban J connectivity index is 2.33. The van der Waals surface area contributed by atoms with Crippen LogP contribution in [-0.2, 0) is 0 Å². The molecule has 1 aliphatic carbocycles. The van der Waals surface area contributed by atoms with E-state index in [2.05, 4.69) is 0 Å². The van der Waals surface area contributed by atoms with Crippen LogP contribution in [0, 0.1) is 11.8 Å². The molecule has 0 spiro atoms. The minimum absolute atomic E-state index is 0.148. The summed E-state index contributed by atoms with van der Waals surface area (Å²) in [6, 6.07) is 0. The normalized spacial score (nSPS) is 44.2. The Labute approximate surface area is 49.7 Å². The molecule has 1 fully saturated rings. The van der Waals surface area contributed by atoms with E-state index in [1.807, 2.05) is 13.8 Å². The summed E-state index contributed by atoms with van der Waals surface area (Å²) in [5.74, 6) is 1.17. The van der Waals surface area contributed by atoms with Gasteiger partial charge in [-0.15, -0.1) is 0 Å². The minimum Gasteiger partial charge on any atom is -0.427 e. The first-order valence-corrected chi connectivity index (χ1v) is 3.00. The monoisotopic (exact) mass is 114 g/mol. The predicted molar refractivity (Wildman–Crippen MR) is 32.3 cm³/mol. The lowest BCUT2D eigenvalue weighted by atomic mass is 9.81. The average molecular weight is 114 g/mol. The second-order valence-corrected chi connectivity index (χ2v) is 2.71. The van der Waals surface area contributed by atoms with Crippen LogP contribution >= 0.6 is 0 Å². The third-order valence-electron chi connectivity index (χ3n) is 2.25. The number of hydrogen-bond donors (Lipinski definition) is 2. The molecule has 0 aromatic rings. The van der Waals surface area contributed by atoms with Gasteiger partial charge in [-0.2, -0.15) is 0 Å². The first kappa shape index (κ1) is 6.11. The van der Waals surface area contributed by atoms with Gasteiger partial charge in [0.2, 0.25) is 0 Å². The molecule has 0 saturated heterocycles. The largest absolute Gasteiger partial charge is 0.455 e. The molecule has 2 atom stereocenters. The summed E-state index contributed by atoms with van der Waals surface area (Å²) in [6.45, 7) is 4.07. The maximum atomic E-state index is 8.59. The van der Waals surface area contributed by atoms with Crippen molar-refractivity contribution in [1.29, 1.82) is 0 Å². The van der Waals surface area contributed by atoms with Crippen LogP contribution in [0.1, 0.15) is 13.8 Å². The van der Waals surface area contributed by atoms with E-state index in [4.69, 9.17) is 10.0 Å². The molecule has 46 valence electrons. The quantitative estimate of drug-likeness (QED) is 0.475. The van der Waals surface area contributed by atoms with Crippen LogP contribution in [0.5, 0.6) is 0 Å². The highest BCUT2D eigenvalue weighted by Crippen LogP contribution is 2.51. The number of rotatable bonds is 1. The van der Waals surface area contributed by atoms with Crippen molar-refractivity contribution in [1.82, 2.24) is 0 Å². The molecule has 1 rings (SSSR count). The Morgan fingerprint density at radius 1 is 1.12 bits per heavy atom. The summed E-state index contributed by atoms with van der Waals surface area (Å²) in [6.07, 6.45) is 0. The van der Waals surface area contributed by atoms with Gasteiger partial charge in [0.1, 0.15) is 0 Å². The number of hydrogen-bond acceptors (Lipinski definition) is 2. The highest BCUT2D eigenvalue weighted by molar-refractivity contribution is 6.44. The highest BCUT2D eigenvalue weighted by atomic mass is 16.4. The van der Waals surface area contributed by atoms with Gasteiger partial charge < -0.3 is 10.0 Å². The van der Waals surface area contributed by atoms with Gasteiger partial charge in [0.05, 0.1) is 0 Å². The Kier molecular flexibility index (Phi) is 1.33. The first-order valence-electron chi connectivity index (χ1n) is 3.00. The molecule has 3 heteroatoms. The smallest absolute Gasteiger partial charge is 0.427 e. The average Bonchev–Trinajstić information content (AvgIpc) is 2.15. The Bertz CT molecular complexity index is 79.7. The third-order valence-corrected chi connectivity index (χ3v) is 2.25. The highest BCUT2D eigenvalue weighted by Gasteiger charge is 2.49. The maximum Gasteiger partial charge on any atom is 0.455 e. The lowest BCUT2D eigenvalue weighted by Gasteiger charge is -1.89. The van der Waals surface area contributed by atoms with Gasteiger partial charge in [-0.1, -0.05) is 13.8 Å². The fourth-order valence-electron chi connectivity index (χ4n) is 1.24. The van der Waals surface area contributed by atoms with E-state index in [1.54, 1.807) is 0 Å². The molecule has 2 N–H and O–H groups in total. The summed E-state index contributed by atoms with van der Waals surface area (Å²) >= 11 is 0. The standard InChI is InChI=1S/C5H11BO2/c1-3-4(2)5(3)6(7)8/h3-5,7-8H,1-2H3/t3-,4-/m1/s1. The molecular formula is C5H11BO2. The lowest BCUT2D eigenvalue weighted by Crippen LogP contribution is -2.11. The van der Waals surface area contributed by atoms with Crippen molar-refractivity contribution >= 4 is 7.12 Å². The van der Waals surface area contributed by atoms with E-state index in [9.17, 15) is 0 Å². The van der Waals surface area contributed by atoms with E-state index in [0.29, 0.717) is 11.8 Å². The van der Waals surface area contributed by atoms with Crippen LogP contribution in [0.15, 0.2) is 0 Å². The van der Waals surface area contributed by atoms with Crippen LogP contribution in [0.2, 0.25) is 5.82 Å². The molecule has 1 aliphatic rings. The van der Waals surface area contributed by atoms with E-state index >= 15 is 0 Å². The van der Waals surface area contributed by atoms with Gasteiger partial charge in [-0.3, -0.25) is 0 Å². The SMILES string of the molecule is C[C@H]1C(B(O)O)[C@@H]1C. The van der Waals surface area contributed by atoms with Crippen molar-refractivity contribution in [3.8, 4) is 0 Å². The summed E-state index contributed by atoms with van der Waals surface area (Å²) in [7, 11) is -1.08. The Hall–Kier alpha value is -0.0151. The predicted octanol–water partition coefficient (Wildman–Crippen LogP) is 0.115. The zero-order valence-corrected chi connectivity index (χ0v) is 5.20. The molecule has 0 bridgehead atoms. The van der Waals surface area contributed by atoms with Gasteiger partial charge in [-0.05, 0) is 17.7 Å². The van der Waals surface area contributed by atoms with Crippen LogP contribution < -0.4 is 0 Å². The van der Waals surface area contributed by atoms with Crippen molar-refractivity contribution in [3.63, 3.8) is 0 Å². The minimum atomic E-state index is -1.08. The third kappa shape index (κ3) is 0.760. The van der Waals surface area contributed by atoms with Crippen molar-refractivity contribution in [3.05, 3.63) is 0 Å². The topological polar surface area (TPSA) is 40.5 Å². The second kappa shape index (κ2) is 1.74. The zero-order valence-electron chi connectivity index (χ0n) is 5.20. The van der Waals surface area contributed by atoms with Gasteiger partial charge in [-0.25, -0.2) is 0 Å². The van der Waals surface area contributed by atoms with Crippen molar-refractivity contribution in [2.75, 3.05) is 0 Å². The molecule has 0 aromatic heterocycles. The lowest BCUT2D eigenvalue weighted by molar-refractivity contribution is 0.399. The maximum absolute atomic E-state index is 8.59. The van der Waals surface area contributed by atoms with Crippen molar-refractivity contribution in [2.45, 2.75) is 19.7 Å². The van der Waals surface area contributed by atoms with Crippen LogP contribution in [-0.4, -0.2) is 17.2 Å². The molecule has 8 heavy (non-hydrogen) atoms. The van der Waals surface area contributed by atoms with Gasteiger partial charge in [0.25, 0.3) is 0 Å². The Morgan fingerprint density at radius 2 is 1.50 bits per heavy atom. The Morgan fingerprint density at radius 3 is 1.50 bits per heavy atom.